The Bertz CT molecular complexity index is 689. The van der Waals surface area contributed by atoms with Crippen molar-refractivity contribution in [2.24, 2.45) is 0 Å². The van der Waals surface area contributed by atoms with Gasteiger partial charge in [-0.2, -0.15) is 0 Å². The zero-order valence-electron chi connectivity index (χ0n) is 14.0. The molecule has 0 spiro atoms. The van der Waals surface area contributed by atoms with Crippen molar-refractivity contribution in [1.82, 2.24) is 5.32 Å². The zero-order chi connectivity index (χ0) is 17.4. The second kappa shape index (κ2) is 8.79. The topological polar surface area (TPSA) is 85.6 Å². The molecule has 24 heavy (non-hydrogen) atoms. The Morgan fingerprint density at radius 3 is 2.67 bits per heavy atom. The highest BCUT2D eigenvalue weighted by molar-refractivity contribution is 5.96. The van der Waals surface area contributed by atoms with E-state index in [0.717, 1.165) is 17.1 Å². The molecule has 128 valence electrons. The Balaban J connectivity index is 2.11. The van der Waals surface area contributed by atoms with Crippen molar-refractivity contribution in [3.63, 3.8) is 0 Å². The summed E-state index contributed by atoms with van der Waals surface area (Å²) in [4.78, 5) is 12.0. The molecule has 1 amide bonds. The van der Waals surface area contributed by atoms with Gasteiger partial charge in [0.2, 0.25) is 0 Å². The number of nitrogen functional groups attached to an aromatic ring is 1. The van der Waals surface area contributed by atoms with Gasteiger partial charge in [0.15, 0.2) is 0 Å². The van der Waals surface area contributed by atoms with Crippen LogP contribution in [0.3, 0.4) is 0 Å². The van der Waals surface area contributed by atoms with Crippen LogP contribution < -0.4 is 21.1 Å². The second-order valence-corrected chi connectivity index (χ2v) is 5.10. The van der Waals surface area contributed by atoms with Crippen LogP contribution in [0.25, 0.3) is 0 Å². The van der Waals surface area contributed by atoms with Crippen LogP contribution in [0.2, 0.25) is 0 Å². The van der Waals surface area contributed by atoms with E-state index in [1.807, 2.05) is 31.2 Å². The van der Waals surface area contributed by atoms with Gasteiger partial charge in [-0.1, -0.05) is 12.1 Å². The lowest BCUT2D eigenvalue weighted by Gasteiger charge is -2.14. The van der Waals surface area contributed by atoms with E-state index >= 15 is 0 Å². The molecule has 0 fully saturated rings. The fourth-order valence-corrected chi connectivity index (χ4v) is 2.18. The number of rotatable bonds is 8. The van der Waals surface area contributed by atoms with E-state index < -0.39 is 0 Å². The molecule has 0 unspecified atom stereocenters. The number of hydrogen-bond donors (Lipinski definition) is 3. The van der Waals surface area contributed by atoms with Crippen molar-refractivity contribution >= 4 is 23.0 Å². The molecule has 0 heterocycles. The Morgan fingerprint density at radius 1 is 1.17 bits per heavy atom. The number of nitrogens with two attached hydrogens (primary N) is 1. The molecule has 0 aromatic heterocycles. The van der Waals surface area contributed by atoms with Crippen LogP contribution in [-0.4, -0.2) is 32.8 Å². The smallest absolute Gasteiger partial charge is 0.251 e. The highest BCUT2D eigenvalue weighted by Gasteiger charge is 2.09. The fourth-order valence-electron chi connectivity index (χ4n) is 2.18. The third-order valence-electron chi connectivity index (χ3n) is 3.36. The molecular weight excluding hydrogens is 306 g/mol. The summed E-state index contributed by atoms with van der Waals surface area (Å²) in [5, 5.41) is 6.00. The Hall–Kier alpha value is -2.73. The first kappa shape index (κ1) is 17.6. The minimum Gasteiger partial charge on any atom is -0.492 e. The first-order chi connectivity index (χ1) is 11.7. The number of para-hydroxylation sites is 2. The van der Waals surface area contributed by atoms with Crippen LogP contribution in [-0.2, 0) is 4.74 Å². The molecule has 0 radical (unpaired) electrons. The second-order valence-electron chi connectivity index (χ2n) is 5.10. The number of ether oxygens (including phenoxy) is 2. The predicted octanol–water partition coefficient (Wildman–Crippen LogP) is 2.79. The fraction of sp³-hybridized carbons (Fsp3) is 0.278. The van der Waals surface area contributed by atoms with E-state index in [0.29, 0.717) is 31.0 Å². The summed E-state index contributed by atoms with van der Waals surface area (Å²) in [6.45, 7) is 3.43. The predicted molar refractivity (Wildman–Crippen MR) is 96.0 cm³/mol. The lowest BCUT2D eigenvalue weighted by molar-refractivity contribution is 0.0937. The summed E-state index contributed by atoms with van der Waals surface area (Å²) < 4.78 is 10.5. The molecule has 2 aromatic rings. The number of methoxy groups -OCH3 is 1. The van der Waals surface area contributed by atoms with Crippen LogP contribution in [0.4, 0.5) is 17.1 Å². The maximum Gasteiger partial charge on any atom is 0.251 e. The first-order valence-corrected chi connectivity index (χ1v) is 7.81. The van der Waals surface area contributed by atoms with E-state index in [-0.39, 0.29) is 5.91 Å². The maximum absolute atomic E-state index is 12.0. The molecule has 2 aromatic carbocycles. The molecule has 0 atom stereocenters. The van der Waals surface area contributed by atoms with Crippen LogP contribution in [0.15, 0.2) is 42.5 Å². The Morgan fingerprint density at radius 2 is 1.96 bits per heavy atom. The molecule has 0 saturated heterocycles. The number of carbonyl (C=O) groups is 1. The normalized spacial score (nSPS) is 10.2. The zero-order valence-corrected chi connectivity index (χ0v) is 14.0. The third kappa shape index (κ3) is 4.63. The number of amides is 1. The van der Waals surface area contributed by atoms with E-state index in [4.69, 9.17) is 15.2 Å². The van der Waals surface area contributed by atoms with Gasteiger partial charge < -0.3 is 25.8 Å². The highest BCUT2D eigenvalue weighted by Crippen LogP contribution is 2.30. The van der Waals surface area contributed by atoms with Gasteiger partial charge in [-0.25, -0.2) is 0 Å². The highest BCUT2D eigenvalue weighted by atomic mass is 16.5. The summed E-state index contributed by atoms with van der Waals surface area (Å²) in [5.41, 5.74) is 8.61. The molecule has 0 aliphatic heterocycles. The van der Waals surface area contributed by atoms with Crippen molar-refractivity contribution in [2.45, 2.75) is 6.92 Å². The SMILES string of the molecule is CCOc1ccccc1Nc1ccc(C(=O)NCCOC)cc1N. The number of nitrogens with one attached hydrogen (secondary N) is 2. The van der Waals surface area contributed by atoms with Crippen LogP contribution in [0.5, 0.6) is 5.75 Å². The molecule has 0 bridgehead atoms. The quantitative estimate of drug-likeness (QED) is 0.512. The largest absolute Gasteiger partial charge is 0.492 e. The third-order valence-corrected chi connectivity index (χ3v) is 3.36. The van der Waals surface area contributed by atoms with Crippen molar-refractivity contribution in [1.29, 1.82) is 0 Å². The van der Waals surface area contributed by atoms with Crippen LogP contribution in [0, 0.1) is 0 Å². The first-order valence-electron chi connectivity index (χ1n) is 7.81. The minimum atomic E-state index is -0.181. The van der Waals surface area contributed by atoms with Gasteiger partial charge >= 0.3 is 0 Å². The lowest BCUT2D eigenvalue weighted by atomic mass is 10.1. The molecule has 0 saturated carbocycles. The molecule has 0 aliphatic rings. The van der Waals surface area contributed by atoms with Gasteiger partial charge in [-0.15, -0.1) is 0 Å². The van der Waals surface area contributed by atoms with E-state index in [2.05, 4.69) is 10.6 Å². The molecule has 6 nitrogen and oxygen atoms in total. The van der Waals surface area contributed by atoms with Gasteiger partial charge in [0.05, 0.1) is 30.3 Å². The summed E-state index contributed by atoms with van der Waals surface area (Å²) in [6.07, 6.45) is 0. The van der Waals surface area contributed by atoms with Crippen molar-refractivity contribution in [2.75, 3.05) is 37.9 Å². The van der Waals surface area contributed by atoms with Gasteiger partial charge in [-0.3, -0.25) is 4.79 Å². The number of benzene rings is 2. The van der Waals surface area contributed by atoms with Crippen LogP contribution in [0.1, 0.15) is 17.3 Å². The standard InChI is InChI=1S/C18H23N3O3/c1-3-24-17-7-5-4-6-16(17)21-15-9-8-13(12-14(15)19)18(22)20-10-11-23-2/h4-9,12,21H,3,10-11,19H2,1-2H3,(H,20,22). The molecule has 0 aliphatic carbocycles. The van der Waals surface area contributed by atoms with E-state index in [9.17, 15) is 4.79 Å². The lowest BCUT2D eigenvalue weighted by Crippen LogP contribution is -2.27. The average molecular weight is 329 g/mol. The minimum absolute atomic E-state index is 0.181. The van der Waals surface area contributed by atoms with Crippen LogP contribution >= 0.6 is 0 Å². The summed E-state index contributed by atoms with van der Waals surface area (Å²) in [7, 11) is 1.59. The Labute approximate surface area is 142 Å². The van der Waals surface area contributed by atoms with Gasteiger partial charge in [0.1, 0.15) is 5.75 Å². The summed E-state index contributed by atoms with van der Waals surface area (Å²) in [5.74, 6) is 0.570. The molecular formula is C18H23N3O3. The van der Waals surface area contributed by atoms with Gasteiger partial charge in [-0.05, 0) is 37.3 Å². The van der Waals surface area contributed by atoms with Gasteiger partial charge in [0.25, 0.3) is 5.91 Å². The molecule has 4 N–H and O–H groups in total. The Kier molecular flexibility index (Phi) is 6.45. The van der Waals surface area contributed by atoms with Crippen molar-refractivity contribution in [3.05, 3.63) is 48.0 Å². The van der Waals surface area contributed by atoms with E-state index in [1.54, 1.807) is 25.3 Å². The maximum atomic E-state index is 12.0. The van der Waals surface area contributed by atoms with Crippen molar-refractivity contribution in [3.8, 4) is 5.75 Å². The summed E-state index contributed by atoms with van der Waals surface area (Å²) >= 11 is 0. The van der Waals surface area contributed by atoms with E-state index in [1.165, 1.54) is 0 Å². The van der Waals surface area contributed by atoms with Crippen molar-refractivity contribution < 1.29 is 14.3 Å². The molecule has 2 rings (SSSR count). The number of carbonyl (C=O) groups excluding carboxylic acids is 1. The van der Waals surface area contributed by atoms with Gasteiger partial charge in [0, 0.05) is 19.2 Å². The number of anilines is 3. The monoisotopic (exact) mass is 329 g/mol. The summed E-state index contributed by atoms with van der Waals surface area (Å²) in [6, 6.07) is 12.8. The number of hydrogen-bond acceptors (Lipinski definition) is 5. The average Bonchev–Trinajstić information content (AvgIpc) is 2.58. The molecule has 6 heteroatoms.